The number of Topliss-reactive ketones (excluding diaryl/α,β-unsaturated/α-hetero) is 1. The van der Waals surface area contributed by atoms with E-state index in [1.807, 2.05) is 78.6 Å². The molecule has 0 aromatic heterocycles. The zero-order chi connectivity index (χ0) is 18.8. The van der Waals surface area contributed by atoms with Crippen molar-refractivity contribution in [3.63, 3.8) is 0 Å². The second-order valence-electron chi connectivity index (χ2n) is 7.35. The highest BCUT2D eigenvalue weighted by atomic mass is 16.2. The van der Waals surface area contributed by atoms with Gasteiger partial charge in [-0.2, -0.15) is 0 Å². The minimum atomic E-state index is -0.140. The number of carbonyl (C=O) groups is 2. The van der Waals surface area contributed by atoms with Gasteiger partial charge in [0.15, 0.2) is 5.78 Å². The van der Waals surface area contributed by atoms with Gasteiger partial charge in [0.05, 0.1) is 0 Å². The summed E-state index contributed by atoms with van der Waals surface area (Å²) in [5.41, 5.74) is 2.54. The van der Waals surface area contributed by atoms with Crippen molar-refractivity contribution in [2.45, 2.75) is 19.8 Å². The lowest BCUT2D eigenvalue weighted by atomic mass is 9.87. The van der Waals surface area contributed by atoms with Gasteiger partial charge in [0.25, 0.3) is 5.91 Å². The lowest BCUT2D eigenvalue weighted by molar-refractivity contribution is 0.0637. The molecule has 1 heterocycles. The van der Waals surface area contributed by atoms with Crippen LogP contribution in [-0.2, 0) is 0 Å². The van der Waals surface area contributed by atoms with Crippen molar-refractivity contribution in [1.29, 1.82) is 0 Å². The molecule has 0 aliphatic carbocycles. The molecule has 3 aromatic rings. The largest absolute Gasteiger partial charge is 0.338 e. The fourth-order valence-corrected chi connectivity index (χ4v) is 4.00. The Labute approximate surface area is 159 Å². The molecule has 0 radical (unpaired) electrons. The molecular weight excluding hydrogens is 334 g/mol. The molecule has 3 heteroatoms. The molecule has 0 unspecified atom stereocenters. The lowest BCUT2D eigenvalue weighted by Crippen LogP contribution is -2.42. The van der Waals surface area contributed by atoms with Gasteiger partial charge in [-0.1, -0.05) is 60.2 Å². The summed E-state index contributed by atoms with van der Waals surface area (Å²) in [7, 11) is 0. The van der Waals surface area contributed by atoms with Crippen LogP contribution in [0.4, 0.5) is 0 Å². The summed E-state index contributed by atoms with van der Waals surface area (Å²) in [6.07, 6.45) is 1.69. The fraction of sp³-hybridized carbons (Fsp3) is 0.250. The molecule has 1 aliphatic rings. The van der Waals surface area contributed by atoms with Crippen LogP contribution in [0.3, 0.4) is 0 Å². The van der Waals surface area contributed by atoms with E-state index in [0.717, 1.165) is 34.7 Å². The maximum absolute atomic E-state index is 13.2. The number of amides is 1. The number of carbonyl (C=O) groups excluding carboxylic acids is 2. The molecule has 3 aromatic carbocycles. The van der Waals surface area contributed by atoms with Crippen molar-refractivity contribution < 1.29 is 9.59 Å². The molecule has 1 aliphatic heterocycles. The van der Waals surface area contributed by atoms with E-state index in [1.54, 1.807) is 0 Å². The third kappa shape index (κ3) is 3.50. The maximum Gasteiger partial charge on any atom is 0.253 e. The van der Waals surface area contributed by atoms with Gasteiger partial charge in [-0.15, -0.1) is 0 Å². The number of rotatable bonds is 3. The van der Waals surface area contributed by atoms with E-state index in [0.29, 0.717) is 18.7 Å². The SMILES string of the molecule is Cc1cccc(C(=O)N2CCC[C@@H](C(=O)c3cccc4ccccc34)C2)c1. The number of nitrogens with zero attached hydrogens (tertiary/aromatic N) is 1. The quantitative estimate of drug-likeness (QED) is 0.626. The summed E-state index contributed by atoms with van der Waals surface area (Å²) < 4.78 is 0. The van der Waals surface area contributed by atoms with Crippen LogP contribution in [0.1, 0.15) is 39.1 Å². The second-order valence-corrected chi connectivity index (χ2v) is 7.35. The number of likely N-dealkylation sites (tertiary alicyclic amines) is 1. The highest BCUT2D eigenvalue weighted by Crippen LogP contribution is 2.26. The van der Waals surface area contributed by atoms with E-state index in [1.165, 1.54) is 0 Å². The van der Waals surface area contributed by atoms with Crippen molar-refractivity contribution in [2.24, 2.45) is 5.92 Å². The molecule has 1 atom stereocenters. The van der Waals surface area contributed by atoms with E-state index in [4.69, 9.17) is 0 Å². The van der Waals surface area contributed by atoms with Gasteiger partial charge in [0.2, 0.25) is 0 Å². The van der Waals surface area contributed by atoms with Crippen molar-refractivity contribution in [3.05, 3.63) is 83.4 Å². The van der Waals surface area contributed by atoms with Crippen molar-refractivity contribution in [3.8, 4) is 0 Å². The highest BCUT2D eigenvalue weighted by molar-refractivity contribution is 6.09. The van der Waals surface area contributed by atoms with Crippen LogP contribution in [0, 0.1) is 12.8 Å². The van der Waals surface area contributed by atoms with Crippen molar-refractivity contribution in [2.75, 3.05) is 13.1 Å². The molecule has 0 N–H and O–H groups in total. The monoisotopic (exact) mass is 357 g/mol. The Morgan fingerprint density at radius 3 is 2.59 bits per heavy atom. The topological polar surface area (TPSA) is 37.4 Å². The average molecular weight is 357 g/mol. The minimum absolute atomic E-state index is 0.0223. The van der Waals surface area contributed by atoms with Gasteiger partial charge in [0.1, 0.15) is 0 Å². The van der Waals surface area contributed by atoms with Gasteiger partial charge in [-0.05, 0) is 42.7 Å². The Bertz CT molecular complexity index is 1000. The summed E-state index contributed by atoms with van der Waals surface area (Å²) in [5.74, 6) is 0.0287. The van der Waals surface area contributed by atoms with Gasteiger partial charge in [-0.3, -0.25) is 9.59 Å². The molecule has 0 saturated carbocycles. The Balaban J connectivity index is 1.57. The van der Waals surface area contributed by atoms with Gasteiger partial charge in [-0.25, -0.2) is 0 Å². The van der Waals surface area contributed by atoms with Gasteiger partial charge in [0, 0.05) is 30.1 Å². The number of fused-ring (bicyclic) bond motifs is 1. The van der Waals surface area contributed by atoms with Crippen LogP contribution in [-0.4, -0.2) is 29.7 Å². The molecule has 1 amide bonds. The number of hydrogen-bond donors (Lipinski definition) is 0. The maximum atomic E-state index is 13.2. The smallest absolute Gasteiger partial charge is 0.253 e. The Morgan fingerprint density at radius 2 is 1.74 bits per heavy atom. The number of piperidine rings is 1. The first-order valence-electron chi connectivity index (χ1n) is 9.51. The third-order valence-corrected chi connectivity index (χ3v) is 5.40. The summed E-state index contributed by atoms with van der Waals surface area (Å²) in [6, 6.07) is 21.5. The standard InChI is InChI=1S/C24H23NO2/c1-17-7-4-10-19(15-17)24(27)25-14-6-11-20(16-25)23(26)22-13-5-9-18-8-2-3-12-21(18)22/h2-5,7-10,12-13,15,20H,6,11,14,16H2,1H3/t20-/m1/s1. The van der Waals surface area contributed by atoms with Crippen LogP contribution in [0.2, 0.25) is 0 Å². The van der Waals surface area contributed by atoms with E-state index >= 15 is 0 Å². The van der Waals surface area contributed by atoms with Crippen molar-refractivity contribution in [1.82, 2.24) is 4.90 Å². The first kappa shape index (κ1) is 17.5. The number of hydrogen-bond acceptors (Lipinski definition) is 2. The molecule has 1 fully saturated rings. The van der Waals surface area contributed by atoms with E-state index in [-0.39, 0.29) is 17.6 Å². The van der Waals surface area contributed by atoms with Gasteiger partial charge >= 0.3 is 0 Å². The van der Waals surface area contributed by atoms with Crippen LogP contribution >= 0.6 is 0 Å². The van der Waals surface area contributed by atoms with Crippen LogP contribution in [0.25, 0.3) is 10.8 Å². The van der Waals surface area contributed by atoms with E-state index in [2.05, 4.69) is 0 Å². The van der Waals surface area contributed by atoms with Crippen LogP contribution < -0.4 is 0 Å². The molecule has 0 spiro atoms. The number of aryl methyl sites for hydroxylation is 1. The zero-order valence-electron chi connectivity index (χ0n) is 15.5. The van der Waals surface area contributed by atoms with Gasteiger partial charge < -0.3 is 4.90 Å². The molecule has 4 rings (SSSR count). The predicted octanol–water partition coefficient (Wildman–Crippen LogP) is 4.88. The Kier molecular flexibility index (Phi) is 4.76. The first-order valence-corrected chi connectivity index (χ1v) is 9.51. The molecule has 0 bridgehead atoms. The minimum Gasteiger partial charge on any atom is -0.338 e. The van der Waals surface area contributed by atoms with E-state index in [9.17, 15) is 9.59 Å². The molecular formula is C24H23NO2. The molecule has 136 valence electrons. The Hall–Kier alpha value is -2.94. The highest BCUT2D eigenvalue weighted by Gasteiger charge is 2.30. The van der Waals surface area contributed by atoms with Crippen LogP contribution in [0.5, 0.6) is 0 Å². The first-order chi connectivity index (χ1) is 13.1. The van der Waals surface area contributed by atoms with E-state index < -0.39 is 0 Å². The normalized spacial score (nSPS) is 17.1. The van der Waals surface area contributed by atoms with Crippen molar-refractivity contribution >= 4 is 22.5 Å². The molecule has 27 heavy (non-hydrogen) atoms. The van der Waals surface area contributed by atoms with Crippen LogP contribution in [0.15, 0.2) is 66.7 Å². The second kappa shape index (κ2) is 7.36. The Morgan fingerprint density at radius 1 is 0.963 bits per heavy atom. The summed E-state index contributed by atoms with van der Waals surface area (Å²) in [5, 5.41) is 2.07. The number of ketones is 1. The zero-order valence-corrected chi connectivity index (χ0v) is 15.5. The molecule has 3 nitrogen and oxygen atoms in total. The number of benzene rings is 3. The summed E-state index contributed by atoms with van der Waals surface area (Å²) >= 11 is 0. The predicted molar refractivity (Wildman–Crippen MR) is 108 cm³/mol. The lowest BCUT2D eigenvalue weighted by Gasteiger charge is -2.32. The third-order valence-electron chi connectivity index (χ3n) is 5.40. The summed E-state index contributed by atoms with van der Waals surface area (Å²) in [6.45, 7) is 3.20. The fourth-order valence-electron chi connectivity index (χ4n) is 4.00. The average Bonchev–Trinajstić information content (AvgIpc) is 2.72. The molecule has 1 saturated heterocycles. The summed E-state index contributed by atoms with van der Waals surface area (Å²) in [4.78, 5) is 28.0.